The van der Waals surface area contributed by atoms with Gasteiger partial charge in [0.05, 0.1) is 0 Å². The number of hydrogen-bond donors (Lipinski definition) is 1. The third kappa shape index (κ3) is 3.06. The Balaban J connectivity index is 1.73. The zero-order chi connectivity index (χ0) is 17.2. The van der Waals surface area contributed by atoms with E-state index in [2.05, 4.69) is 12.0 Å². The zero-order valence-corrected chi connectivity index (χ0v) is 13.8. The van der Waals surface area contributed by atoms with Crippen molar-refractivity contribution in [2.45, 2.75) is 26.2 Å². The molecular formula is C18H22FN3O2. The van der Waals surface area contributed by atoms with Gasteiger partial charge in [-0.05, 0) is 48.9 Å². The number of aliphatic hydroxyl groups excluding tert-OH is 1. The zero-order valence-electron chi connectivity index (χ0n) is 13.8. The summed E-state index contributed by atoms with van der Waals surface area (Å²) in [5, 5.41) is 13.6. The first-order chi connectivity index (χ1) is 11.6. The van der Waals surface area contributed by atoms with Crippen LogP contribution < -0.4 is 0 Å². The van der Waals surface area contributed by atoms with Crippen LogP contribution in [0, 0.1) is 11.2 Å². The number of rotatable bonds is 4. The summed E-state index contributed by atoms with van der Waals surface area (Å²) in [7, 11) is 0. The van der Waals surface area contributed by atoms with Gasteiger partial charge in [0, 0.05) is 37.7 Å². The monoisotopic (exact) mass is 331 g/mol. The van der Waals surface area contributed by atoms with Crippen molar-refractivity contribution in [3.05, 3.63) is 48.0 Å². The van der Waals surface area contributed by atoms with Gasteiger partial charge < -0.3 is 10.0 Å². The van der Waals surface area contributed by atoms with Gasteiger partial charge in [-0.1, -0.05) is 6.92 Å². The van der Waals surface area contributed by atoms with Crippen LogP contribution in [0.3, 0.4) is 0 Å². The molecule has 128 valence electrons. The maximum atomic E-state index is 14.3. The van der Waals surface area contributed by atoms with E-state index in [1.165, 1.54) is 10.7 Å². The summed E-state index contributed by atoms with van der Waals surface area (Å²) in [5.74, 6) is -0.636. The Labute approximate surface area is 140 Å². The molecule has 3 rings (SSSR count). The molecule has 1 N–H and O–H groups in total. The second-order valence-corrected chi connectivity index (χ2v) is 6.42. The molecular weight excluding hydrogens is 309 g/mol. The topological polar surface area (TPSA) is 58.4 Å². The van der Waals surface area contributed by atoms with E-state index >= 15 is 0 Å². The molecule has 1 fully saturated rings. The first kappa shape index (κ1) is 16.6. The maximum Gasteiger partial charge on any atom is 0.253 e. The predicted octanol–water partition coefficient (Wildman–Crippen LogP) is 2.64. The van der Waals surface area contributed by atoms with Crippen molar-refractivity contribution in [3.63, 3.8) is 0 Å². The van der Waals surface area contributed by atoms with Gasteiger partial charge in [0.1, 0.15) is 11.5 Å². The van der Waals surface area contributed by atoms with Gasteiger partial charge in [-0.3, -0.25) is 4.79 Å². The molecule has 0 aliphatic carbocycles. The van der Waals surface area contributed by atoms with Gasteiger partial charge in [0.2, 0.25) is 0 Å². The first-order valence-electron chi connectivity index (χ1n) is 8.28. The fourth-order valence-electron chi connectivity index (χ4n) is 3.23. The Bertz CT molecular complexity index is 701. The van der Waals surface area contributed by atoms with Gasteiger partial charge in [-0.2, -0.15) is 5.10 Å². The van der Waals surface area contributed by atoms with Gasteiger partial charge in [0.25, 0.3) is 5.91 Å². The molecule has 0 saturated carbocycles. The number of benzene rings is 1. The molecule has 0 spiro atoms. The predicted molar refractivity (Wildman–Crippen MR) is 88.5 cm³/mol. The molecule has 24 heavy (non-hydrogen) atoms. The smallest absolute Gasteiger partial charge is 0.253 e. The van der Waals surface area contributed by atoms with Crippen LogP contribution in [0.1, 0.15) is 36.5 Å². The number of amides is 1. The van der Waals surface area contributed by atoms with Crippen LogP contribution in [0.25, 0.3) is 5.69 Å². The number of aromatic nitrogens is 2. The lowest BCUT2D eigenvalue weighted by molar-refractivity contribution is 0.0338. The summed E-state index contributed by atoms with van der Waals surface area (Å²) in [4.78, 5) is 14.4. The Morgan fingerprint density at radius 2 is 2.12 bits per heavy atom. The van der Waals surface area contributed by atoms with Gasteiger partial charge in [-0.15, -0.1) is 0 Å². The third-order valence-electron chi connectivity index (χ3n) is 5.14. The number of likely N-dealkylation sites (tertiary alicyclic amines) is 1. The lowest BCUT2D eigenvalue weighted by Crippen LogP contribution is -2.44. The Morgan fingerprint density at radius 3 is 2.67 bits per heavy atom. The Morgan fingerprint density at radius 1 is 1.38 bits per heavy atom. The highest BCUT2D eigenvalue weighted by Crippen LogP contribution is 2.34. The number of aliphatic hydroxyl groups is 1. The van der Waals surface area contributed by atoms with Crippen LogP contribution in [0.4, 0.5) is 4.39 Å². The summed E-state index contributed by atoms with van der Waals surface area (Å²) in [6.45, 7) is 3.40. The van der Waals surface area contributed by atoms with Crippen molar-refractivity contribution in [1.29, 1.82) is 0 Å². The van der Waals surface area contributed by atoms with Crippen molar-refractivity contribution in [2.75, 3.05) is 19.7 Å². The third-order valence-corrected chi connectivity index (χ3v) is 5.14. The molecule has 0 atom stereocenters. The number of nitrogens with zero attached hydrogens (tertiary/aromatic N) is 3. The second kappa shape index (κ2) is 6.73. The summed E-state index contributed by atoms with van der Waals surface area (Å²) in [6, 6.07) is 6.19. The molecule has 1 amide bonds. The van der Waals surface area contributed by atoms with E-state index in [1.807, 2.05) is 0 Å². The van der Waals surface area contributed by atoms with Crippen LogP contribution in [0.2, 0.25) is 0 Å². The molecule has 6 heteroatoms. The van der Waals surface area contributed by atoms with E-state index in [1.54, 1.807) is 35.5 Å². The number of hydrogen-bond acceptors (Lipinski definition) is 3. The molecule has 1 saturated heterocycles. The van der Waals surface area contributed by atoms with Crippen molar-refractivity contribution in [1.82, 2.24) is 14.7 Å². The molecule has 0 unspecified atom stereocenters. The fraction of sp³-hybridized carbons (Fsp3) is 0.444. The highest BCUT2D eigenvalue weighted by Gasteiger charge is 2.34. The summed E-state index contributed by atoms with van der Waals surface area (Å²) in [5.41, 5.74) is 0.586. The lowest BCUT2D eigenvalue weighted by atomic mass is 9.77. The largest absolute Gasteiger partial charge is 0.396 e. The van der Waals surface area contributed by atoms with E-state index in [-0.39, 0.29) is 17.9 Å². The number of piperidine rings is 1. The molecule has 0 radical (unpaired) electrons. The van der Waals surface area contributed by atoms with Crippen molar-refractivity contribution >= 4 is 5.91 Å². The summed E-state index contributed by atoms with van der Waals surface area (Å²) >= 11 is 0. The Kier molecular flexibility index (Phi) is 4.66. The van der Waals surface area contributed by atoms with Crippen molar-refractivity contribution in [2.24, 2.45) is 5.41 Å². The lowest BCUT2D eigenvalue weighted by Gasteiger charge is -2.40. The molecule has 0 bridgehead atoms. The molecule has 1 aromatic carbocycles. The minimum absolute atomic E-state index is 0.0774. The van der Waals surface area contributed by atoms with Crippen LogP contribution in [-0.2, 0) is 0 Å². The summed E-state index contributed by atoms with van der Waals surface area (Å²) < 4.78 is 15.7. The van der Waals surface area contributed by atoms with E-state index in [4.69, 9.17) is 0 Å². The molecule has 1 aliphatic rings. The van der Waals surface area contributed by atoms with Crippen LogP contribution in [0.5, 0.6) is 0 Å². The minimum Gasteiger partial charge on any atom is -0.396 e. The van der Waals surface area contributed by atoms with E-state index < -0.39 is 5.82 Å². The molecule has 5 nitrogen and oxygen atoms in total. The molecule has 2 aromatic rings. The quantitative estimate of drug-likeness (QED) is 0.937. The number of halogens is 1. The van der Waals surface area contributed by atoms with Crippen LogP contribution >= 0.6 is 0 Å². The molecule has 1 aliphatic heterocycles. The van der Waals surface area contributed by atoms with Gasteiger partial charge >= 0.3 is 0 Å². The average molecular weight is 331 g/mol. The second-order valence-electron chi connectivity index (χ2n) is 6.42. The average Bonchev–Trinajstić information content (AvgIpc) is 3.15. The number of carbonyl (C=O) groups is 1. The molecule has 2 heterocycles. The standard InChI is InChI=1S/C18H22FN3O2/c1-2-18(13-23)6-10-21(11-7-18)17(24)14-4-5-16(15(19)12-14)22-9-3-8-20-22/h3-5,8-9,12,23H,2,6-7,10-11,13H2,1H3. The highest BCUT2D eigenvalue weighted by molar-refractivity contribution is 5.94. The van der Waals surface area contributed by atoms with E-state index in [0.29, 0.717) is 24.3 Å². The van der Waals surface area contributed by atoms with Gasteiger partial charge in [0.15, 0.2) is 0 Å². The fourth-order valence-corrected chi connectivity index (χ4v) is 3.23. The normalized spacial score (nSPS) is 17.0. The van der Waals surface area contributed by atoms with Crippen molar-refractivity contribution < 1.29 is 14.3 Å². The minimum atomic E-state index is -0.472. The van der Waals surface area contributed by atoms with Crippen LogP contribution in [-0.4, -0.2) is 45.4 Å². The number of carbonyl (C=O) groups excluding carboxylic acids is 1. The maximum absolute atomic E-state index is 14.3. The van der Waals surface area contributed by atoms with Crippen LogP contribution in [0.15, 0.2) is 36.7 Å². The van der Waals surface area contributed by atoms with E-state index in [0.717, 1.165) is 19.3 Å². The first-order valence-corrected chi connectivity index (χ1v) is 8.28. The Hall–Kier alpha value is -2.21. The van der Waals surface area contributed by atoms with Crippen molar-refractivity contribution in [3.8, 4) is 5.69 Å². The summed E-state index contributed by atoms with van der Waals surface area (Å²) in [6.07, 6.45) is 5.69. The van der Waals surface area contributed by atoms with E-state index in [9.17, 15) is 14.3 Å². The SMILES string of the molecule is CCC1(CO)CCN(C(=O)c2ccc(-n3cccn3)c(F)c2)CC1. The molecule has 1 aromatic heterocycles. The van der Waals surface area contributed by atoms with Gasteiger partial charge in [-0.25, -0.2) is 9.07 Å². The highest BCUT2D eigenvalue weighted by atomic mass is 19.1.